The summed E-state index contributed by atoms with van der Waals surface area (Å²) in [6, 6.07) is 9.96. The molecule has 0 N–H and O–H groups in total. The zero-order valence-electron chi connectivity index (χ0n) is 9.20. The van der Waals surface area contributed by atoms with E-state index in [0.29, 0.717) is 5.56 Å². The summed E-state index contributed by atoms with van der Waals surface area (Å²) < 4.78 is 38.3. The number of hydrogen-bond donors (Lipinski definition) is 0. The van der Waals surface area contributed by atoms with Gasteiger partial charge in [0.05, 0.1) is 26.5 Å². The van der Waals surface area contributed by atoms with Crippen molar-refractivity contribution in [3.8, 4) is 0 Å². The average Bonchev–Trinajstić information content (AvgIpc) is 2.34. The van der Waals surface area contributed by atoms with E-state index < -0.39 is 22.4 Å². The van der Waals surface area contributed by atoms with Crippen molar-refractivity contribution in [2.24, 2.45) is 0 Å². The normalized spacial score (nSPS) is 12.4. The van der Waals surface area contributed by atoms with Crippen LogP contribution in [0.3, 0.4) is 0 Å². The second-order valence-corrected chi connectivity index (χ2v) is 5.50. The SMILES string of the molecule is O=S(Cc1ccc(F)c(Cl)c1)c1ccccc1F. The van der Waals surface area contributed by atoms with Crippen LogP contribution in [0.4, 0.5) is 8.78 Å². The highest BCUT2D eigenvalue weighted by molar-refractivity contribution is 7.84. The van der Waals surface area contributed by atoms with E-state index in [1.54, 1.807) is 6.07 Å². The van der Waals surface area contributed by atoms with E-state index in [2.05, 4.69) is 0 Å². The zero-order chi connectivity index (χ0) is 13.1. The van der Waals surface area contributed by atoms with Crippen LogP contribution in [0.5, 0.6) is 0 Å². The summed E-state index contributed by atoms with van der Waals surface area (Å²) in [5, 5.41) is -0.0296. The molecule has 1 nitrogen and oxygen atoms in total. The van der Waals surface area contributed by atoms with Gasteiger partial charge in [-0.3, -0.25) is 4.21 Å². The molecular formula is C13H9ClF2OS. The van der Waals surface area contributed by atoms with Gasteiger partial charge in [-0.25, -0.2) is 8.78 Å². The second-order valence-electron chi connectivity index (χ2n) is 3.67. The zero-order valence-corrected chi connectivity index (χ0v) is 10.8. The lowest BCUT2D eigenvalue weighted by Gasteiger charge is -2.04. The number of benzene rings is 2. The smallest absolute Gasteiger partial charge is 0.141 e. The molecule has 0 saturated heterocycles. The summed E-state index contributed by atoms with van der Waals surface area (Å²) in [6.07, 6.45) is 0. The molecule has 0 amide bonds. The van der Waals surface area contributed by atoms with Crippen molar-refractivity contribution in [1.29, 1.82) is 0 Å². The molecule has 0 aliphatic heterocycles. The molecule has 94 valence electrons. The molecule has 0 radical (unpaired) electrons. The number of hydrogen-bond acceptors (Lipinski definition) is 1. The van der Waals surface area contributed by atoms with Crippen molar-refractivity contribution in [2.75, 3.05) is 0 Å². The largest absolute Gasteiger partial charge is 0.254 e. The summed E-state index contributed by atoms with van der Waals surface area (Å²) in [5.41, 5.74) is 0.600. The Hall–Kier alpha value is -1.26. The predicted octanol–water partition coefficient (Wildman–Crippen LogP) is 3.93. The van der Waals surface area contributed by atoms with E-state index in [0.717, 1.165) is 0 Å². The van der Waals surface area contributed by atoms with Gasteiger partial charge < -0.3 is 0 Å². The van der Waals surface area contributed by atoms with Gasteiger partial charge in [0, 0.05) is 0 Å². The molecule has 2 rings (SSSR count). The highest BCUT2D eigenvalue weighted by atomic mass is 35.5. The predicted molar refractivity (Wildman–Crippen MR) is 67.9 cm³/mol. The number of halogens is 3. The minimum absolute atomic E-state index is 0.0296. The van der Waals surface area contributed by atoms with Crippen molar-refractivity contribution >= 4 is 22.4 Å². The van der Waals surface area contributed by atoms with E-state index in [4.69, 9.17) is 11.6 Å². The average molecular weight is 287 g/mol. The van der Waals surface area contributed by atoms with Gasteiger partial charge in [0.2, 0.25) is 0 Å². The summed E-state index contributed by atoms with van der Waals surface area (Å²) >= 11 is 5.63. The van der Waals surface area contributed by atoms with Crippen LogP contribution < -0.4 is 0 Å². The molecule has 0 aromatic heterocycles. The molecule has 0 aliphatic rings. The third-order valence-electron chi connectivity index (χ3n) is 2.36. The second kappa shape index (κ2) is 5.59. The van der Waals surface area contributed by atoms with Gasteiger partial charge >= 0.3 is 0 Å². The van der Waals surface area contributed by atoms with E-state index in [-0.39, 0.29) is 15.7 Å². The first-order valence-corrected chi connectivity index (χ1v) is 6.84. The highest BCUT2D eigenvalue weighted by Crippen LogP contribution is 2.20. The summed E-state index contributed by atoms with van der Waals surface area (Å²) in [4.78, 5) is 0.137. The molecule has 0 bridgehead atoms. The van der Waals surface area contributed by atoms with Crippen LogP contribution in [0.2, 0.25) is 5.02 Å². The standard InChI is InChI=1S/C13H9ClF2OS/c14-10-7-9(5-6-11(10)15)8-18(17)13-4-2-1-3-12(13)16/h1-7H,8H2. The molecular weight excluding hydrogens is 278 g/mol. The maximum atomic E-state index is 13.4. The molecule has 18 heavy (non-hydrogen) atoms. The maximum absolute atomic E-state index is 13.4. The fourth-order valence-electron chi connectivity index (χ4n) is 1.49. The van der Waals surface area contributed by atoms with E-state index in [9.17, 15) is 13.0 Å². The Morgan fingerprint density at radius 1 is 1.06 bits per heavy atom. The third kappa shape index (κ3) is 2.94. The van der Waals surface area contributed by atoms with Gasteiger partial charge in [-0.05, 0) is 29.8 Å². The monoisotopic (exact) mass is 286 g/mol. The first-order chi connectivity index (χ1) is 8.58. The van der Waals surface area contributed by atoms with Crippen molar-refractivity contribution in [3.05, 3.63) is 64.7 Å². The van der Waals surface area contributed by atoms with Gasteiger partial charge in [0.15, 0.2) is 0 Å². The van der Waals surface area contributed by atoms with Crippen molar-refractivity contribution in [2.45, 2.75) is 10.6 Å². The highest BCUT2D eigenvalue weighted by Gasteiger charge is 2.11. The van der Waals surface area contributed by atoms with Gasteiger partial charge in [-0.1, -0.05) is 29.8 Å². The molecule has 2 aromatic carbocycles. The van der Waals surface area contributed by atoms with E-state index in [1.807, 2.05) is 0 Å². The van der Waals surface area contributed by atoms with E-state index in [1.165, 1.54) is 36.4 Å². The van der Waals surface area contributed by atoms with Crippen molar-refractivity contribution in [3.63, 3.8) is 0 Å². The van der Waals surface area contributed by atoms with Crippen LogP contribution >= 0.6 is 11.6 Å². The Morgan fingerprint density at radius 3 is 2.44 bits per heavy atom. The van der Waals surface area contributed by atoms with Crippen molar-refractivity contribution in [1.82, 2.24) is 0 Å². The maximum Gasteiger partial charge on any atom is 0.141 e. The molecule has 5 heteroatoms. The van der Waals surface area contributed by atoms with Crippen molar-refractivity contribution < 1.29 is 13.0 Å². The molecule has 1 unspecified atom stereocenters. The Bertz CT molecular complexity index is 601. The molecule has 0 spiro atoms. The Kier molecular flexibility index (Phi) is 4.09. The fourth-order valence-corrected chi connectivity index (χ4v) is 2.84. The third-order valence-corrected chi connectivity index (χ3v) is 4.07. The molecule has 0 aliphatic carbocycles. The fraction of sp³-hybridized carbons (Fsp3) is 0.0769. The van der Waals surface area contributed by atoms with Gasteiger partial charge in [-0.2, -0.15) is 0 Å². The number of rotatable bonds is 3. The van der Waals surface area contributed by atoms with Gasteiger partial charge in [0.1, 0.15) is 11.6 Å². The minimum Gasteiger partial charge on any atom is -0.254 e. The molecule has 0 saturated carbocycles. The van der Waals surface area contributed by atoms with Crippen LogP contribution in [-0.2, 0) is 16.6 Å². The Balaban J connectivity index is 2.22. The summed E-state index contributed by atoms with van der Waals surface area (Å²) in [7, 11) is -1.52. The Morgan fingerprint density at radius 2 is 1.78 bits per heavy atom. The Labute approximate surface area is 111 Å². The van der Waals surface area contributed by atoms with Crippen LogP contribution in [0.15, 0.2) is 47.4 Å². The van der Waals surface area contributed by atoms with Gasteiger partial charge in [0.25, 0.3) is 0 Å². The summed E-state index contributed by atoms with van der Waals surface area (Å²) in [6.45, 7) is 0. The quantitative estimate of drug-likeness (QED) is 0.836. The van der Waals surface area contributed by atoms with E-state index >= 15 is 0 Å². The van der Waals surface area contributed by atoms with Crippen LogP contribution in [0.1, 0.15) is 5.56 Å². The minimum atomic E-state index is -1.52. The lowest BCUT2D eigenvalue weighted by atomic mass is 10.2. The summed E-state index contributed by atoms with van der Waals surface area (Å²) in [5.74, 6) is -0.942. The molecule has 2 aromatic rings. The van der Waals surface area contributed by atoms with Crippen LogP contribution in [-0.4, -0.2) is 4.21 Å². The van der Waals surface area contributed by atoms with Crippen LogP contribution in [0.25, 0.3) is 0 Å². The topological polar surface area (TPSA) is 17.1 Å². The van der Waals surface area contributed by atoms with Gasteiger partial charge in [-0.15, -0.1) is 0 Å². The first kappa shape index (κ1) is 13.2. The lowest BCUT2D eigenvalue weighted by molar-refractivity contribution is 0.595. The lowest BCUT2D eigenvalue weighted by Crippen LogP contribution is -1.99. The molecule has 1 atom stereocenters. The van der Waals surface area contributed by atoms with Crippen LogP contribution in [0, 0.1) is 11.6 Å². The molecule has 0 heterocycles. The molecule has 0 fully saturated rings. The first-order valence-electron chi connectivity index (χ1n) is 5.15.